The highest BCUT2D eigenvalue weighted by atomic mass is 19.1. The fourth-order valence-corrected chi connectivity index (χ4v) is 3.03. The molecule has 0 atom stereocenters. The molecule has 22 heavy (non-hydrogen) atoms. The maximum atomic E-state index is 14.7. The zero-order valence-electron chi connectivity index (χ0n) is 13.0. The maximum Gasteiger partial charge on any atom is 0.218 e. The average molecular weight is 304 g/mol. The van der Waals surface area contributed by atoms with E-state index in [1.807, 2.05) is 0 Å². The highest BCUT2D eigenvalue weighted by Gasteiger charge is 2.22. The Balaban J connectivity index is 1.86. The van der Waals surface area contributed by atoms with Crippen LogP contribution in [0.5, 0.6) is 11.6 Å². The van der Waals surface area contributed by atoms with E-state index in [1.54, 1.807) is 19.1 Å². The molecule has 0 amide bonds. The van der Waals surface area contributed by atoms with Gasteiger partial charge in [-0.25, -0.2) is 9.37 Å². The smallest absolute Gasteiger partial charge is 0.218 e. The van der Waals surface area contributed by atoms with Crippen LogP contribution in [-0.4, -0.2) is 40.7 Å². The van der Waals surface area contributed by atoms with E-state index in [2.05, 4.69) is 16.8 Å². The minimum atomic E-state index is -0.411. The molecule has 1 fully saturated rings. The van der Waals surface area contributed by atoms with Gasteiger partial charge in [-0.2, -0.15) is 0 Å². The van der Waals surface area contributed by atoms with Crippen molar-refractivity contribution in [2.24, 2.45) is 0 Å². The molecule has 118 valence electrons. The van der Waals surface area contributed by atoms with Crippen LogP contribution in [0.4, 0.5) is 4.39 Å². The summed E-state index contributed by atoms with van der Waals surface area (Å²) in [4.78, 5) is 6.22. The topological polar surface area (TPSA) is 45.6 Å². The molecule has 1 saturated heterocycles. The van der Waals surface area contributed by atoms with Crippen LogP contribution in [0, 0.1) is 12.7 Å². The van der Waals surface area contributed by atoms with Crippen LogP contribution < -0.4 is 4.74 Å². The lowest BCUT2D eigenvalue weighted by Crippen LogP contribution is -2.38. The molecule has 2 heterocycles. The van der Waals surface area contributed by atoms with E-state index in [0.717, 1.165) is 32.5 Å². The zero-order chi connectivity index (χ0) is 15.7. The number of likely N-dealkylation sites (tertiary alicyclic amines) is 1. The number of aromatic hydroxyl groups is 1. The minimum absolute atomic E-state index is 0.0468. The number of aryl methyl sites for hydroxylation is 1. The third kappa shape index (κ3) is 2.73. The van der Waals surface area contributed by atoms with E-state index in [1.165, 1.54) is 6.20 Å². The van der Waals surface area contributed by atoms with E-state index >= 15 is 0 Å². The summed E-state index contributed by atoms with van der Waals surface area (Å²) in [6, 6.07) is 3.26. The number of aromatic nitrogens is 1. The van der Waals surface area contributed by atoms with Crippen molar-refractivity contribution in [3.63, 3.8) is 0 Å². The van der Waals surface area contributed by atoms with E-state index in [9.17, 15) is 9.50 Å². The molecular weight excluding hydrogens is 283 g/mol. The van der Waals surface area contributed by atoms with Crippen molar-refractivity contribution in [3.05, 3.63) is 29.7 Å². The average Bonchev–Trinajstić information content (AvgIpc) is 2.54. The molecule has 1 aliphatic rings. The fraction of sp³-hybridized carbons (Fsp3) is 0.471. The lowest BCUT2D eigenvalue weighted by molar-refractivity contribution is 0.100. The molecule has 3 rings (SSSR count). The molecule has 0 spiro atoms. The van der Waals surface area contributed by atoms with E-state index in [-0.39, 0.29) is 17.7 Å². The highest BCUT2D eigenvalue weighted by molar-refractivity contribution is 5.90. The van der Waals surface area contributed by atoms with Gasteiger partial charge in [-0.15, -0.1) is 0 Å². The zero-order valence-corrected chi connectivity index (χ0v) is 13.0. The van der Waals surface area contributed by atoms with Gasteiger partial charge in [-0.1, -0.05) is 6.92 Å². The van der Waals surface area contributed by atoms with Gasteiger partial charge in [0.1, 0.15) is 6.10 Å². The van der Waals surface area contributed by atoms with Crippen LogP contribution in [0.25, 0.3) is 10.8 Å². The molecule has 1 aromatic carbocycles. The van der Waals surface area contributed by atoms with Gasteiger partial charge in [-0.3, -0.25) is 0 Å². The van der Waals surface area contributed by atoms with Crippen molar-refractivity contribution in [3.8, 4) is 11.6 Å². The van der Waals surface area contributed by atoms with Gasteiger partial charge >= 0.3 is 0 Å². The predicted octanol–water partition coefficient (Wildman–Crippen LogP) is 3.25. The van der Waals surface area contributed by atoms with Gasteiger partial charge in [0.05, 0.1) is 0 Å². The van der Waals surface area contributed by atoms with Gasteiger partial charge in [0, 0.05) is 30.1 Å². The summed E-state index contributed by atoms with van der Waals surface area (Å²) in [6.07, 6.45) is 3.34. The quantitative estimate of drug-likeness (QED) is 0.945. The number of fused-ring (bicyclic) bond motifs is 1. The number of piperidine rings is 1. The van der Waals surface area contributed by atoms with Crippen LogP contribution in [0.2, 0.25) is 0 Å². The summed E-state index contributed by atoms with van der Waals surface area (Å²) in [5, 5.41) is 10.6. The van der Waals surface area contributed by atoms with Crippen molar-refractivity contribution in [1.29, 1.82) is 0 Å². The van der Waals surface area contributed by atoms with E-state index < -0.39 is 5.82 Å². The van der Waals surface area contributed by atoms with Gasteiger partial charge in [-0.05, 0) is 44.0 Å². The molecule has 0 unspecified atom stereocenters. The van der Waals surface area contributed by atoms with Gasteiger partial charge in [0.15, 0.2) is 11.6 Å². The van der Waals surface area contributed by atoms with Crippen molar-refractivity contribution in [1.82, 2.24) is 9.88 Å². The summed E-state index contributed by atoms with van der Waals surface area (Å²) in [7, 11) is 0. The molecule has 0 radical (unpaired) electrons. The largest absolute Gasteiger partial charge is 0.493 e. The molecule has 1 aliphatic heterocycles. The van der Waals surface area contributed by atoms with Crippen LogP contribution >= 0.6 is 0 Å². The fourth-order valence-electron chi connectivity index (χ4n) is 3.03. The van der Waals surface area contributed by atoms with Crippen molar-refractivity contribution in [2.75, 3.05) is 19.6 Å². The molecule has 5 heteroatoms. The monoisotopic (exact) mass is 304 g/mol. The Hall–Kier alpha value is -1.88. The molecule has 1 N–H and O–H groups in total. The van der Waals surface area contributed by atoms with Crippen LogP contribution in [0.3, 0.4) is 0 Å². The Morgan fingerprint density at radius 1 is 1.36 bits per heavy atom. The van der Waals surface area contributed by atoms with Crippen molar-refractivity contribution in [2.45, 2.75) is 32.8 Å². The molecule has 4 nitrogen and oxygen atoms in total. The lowest BCUT2D eigenvalue weighted by atomic mass is 10.1. The highest BCUT2D eigenvalue weighted by Crippen LogP contribution is 2.33. The Kier molecular flexibility index (Phi) is 4.16. The standard InChI is InChI=1S/C17H21FN2O2/c1-3-20-8-6-12(7-9-20)22-14-5-4-13-15(16(14)18)11(2)10-19-17(13)21/h4-5,10,12H,3,6-9H2,1-2H3,(H,19,21). The van der Waals surface area contributed by atoms with Gasteiger partial charge in [0.25, 0.3) is 0 Å². The Morgan fingerprint density at radius 2 is 2.09 bits per heavy atom. The number of nitrogens with zero attached hydrogens (tertiary/aromatic N) is 2. The number of hydrogen-bond acceptors (Lipinski definition) is 4. The first-order chi connectivity index (χ1) is 10.6. The molecule has 2 aromatic rings. The molecule has 0 saturated carbocycles. The number of halogens is 1. The van der Waals surface area contributed by atoms with Crippen LogP contribution in [-0.2, 0) is 0 Å². The summed E-state index contributed by atoms with van der Waals surface area (Å²) < 4.78 is 20.6. The first-order valence-electron chi connectivity index (χ1n) is 7.76. The summed E-state index contributed by atoms with van der Waals surface area (Å²) >= 11 is 0. The first kappa shape index (κ1) is 15.0. The Labute approximate surface area is 129 Å². The lowest BCUT2D eigenvalue weighted by Gasteiger charge is -2.31. The molecule has 1 aromatic heterocycles. The second-order valence-corrected chi connectivity index (χ2v) is 5.82. The van der Waals surface area contributed by atoms with Crippen LogP contribution in [0.1, 0.15) is 25.3 Å². The number of pyridine rings is 1. The van der Waals surface area contributed by atoms with E-state index in [4.69, 9.17) is 4.74 Å². The number of benzene rings is 1. The summed E-state index contributed by atoms with van der Waals surface area (Å²) in [6.45, 7) is 6.94. The van der Waals surface area contributed by atoms with Crippen LogP contribution in [0.15, 0.2) is 18.3 Å². The van der Waals surface area contributed by atoms with Crippen molar-refractivity contribution >= 4 is 10.8 Å². The van der Waals surface area contributed by atoms with Gasteiger partial charge < -0.3 is 14.7 Å². The van der Waals surface area contributed by atoms with Gasteiger partial charge in [0.2, 0.25) is 5.88 Å². The number of hydrogen-bond donors (Lipinski definition) is 1. The number of rotatable bonds is 3. The first-order valence-corrected chi connectivity index (χ1v) is 7.76. The Morgan fingerprint density at radius 3 is 2.77 bits per heavy atom. The molecule has 0 aliphatic carbocycles. The third-order valence-electron chi connectivity index (χ3n) is 4.40. The Bertz CT molecular complexity index is 682. The second kappa shape index (κ2) is 6.08. The maximum absolute atomic E-state index is 14.7. The van der Waals surface area contributed by atoms with E-state index in [0.29, 0.717) is 16.3 Å². The summed E-state index contributed by atoms with van der Waals surface area (Å²) in [5.74, 6) is -0.302. The molecule has 0 bridgehead atoms. The summed E-state index contributed by atoms with van der Waals surface area (Å²) in [5.41, 5.74) is 0.691. The second-order valence-electron chi connectivity index (χ2n) is 5.82. The normalized spacial score (nSPS) is 17.0. The SMILES string of the molecule is CCN1CCC(Oc2ccc3c(O)ncc(C)c3c2F)CC1. The minimum Gasteiger partial charge on any atom is -0.493 e. The molecular formula is C17H21FN2O2. The number of ether oxygens (including phenoxy) is 1. The third-order valence-corrected chi connectivity index (χ3v) is 4.40. The predicted molar refractivity (Wildman–Crippen MR) is 83.9 cm³/mol. The van der Waals surface area contributed by atoms with Crippen molar-refractivity contribution < 1.29 is 14.2 Å².